The SMILES string of the molecule is C=C(CC)C(=O)Oc1c(C#N)cccc1-c1nc2c([nH]1)CC1CC2C1(C)C. The van der Waals surface area contributed by atoms with Crippen LogP contribution in [0, 0.1) is 22.7 Å². The molecule has 1 aromatic carbocycles. The van der Waals surface area contributed by atoms with Crippen LogP contribution in [0.5, 0.6) is 5.75 Å². The Bertz CT molecular complexity index is 993. The van der Waals surface area contributed by atoms with Gasteiger partial charge in [0.25, 0.3) is 0 Å². The number of carbonyl (C=O) groups excluding carboxylic acids is 1. The first kappa shape index (κ1) is 17.5. The van der Waals surface area contributed by atoms with Crippen LogP contribution >= 0.6 is 0 Å². The molecule has 0 spiro atoms. The van der Waals surface area contributed by atoms with Crippen LogP contribution in [0.4, 0.5) is 0 Å². The highest BCUT2D eigenvalue weighted by molar-refractivity contribution is 5.91. The zero-order valence-corrected chi connectivity index (χ0v) is 15.9. The van der Waals surface area contributed by atoms with E-state index in [1.165, 1.54) is 12.1 Å². The molecular weight excluding hydrogens is 338 g/mol. The number of nitrogens with zero attached hydrogens (tertiary/aromatic N) is 2. The van der Waals surface area contributed by atoms with E-state index >= 15 is 0 Å². The zero-order valence-electron chi connectivity index (χ0n) is 15.9. The lowest BCUT2D eigenvalue weighted by Gasteiger charge is -2.55. The predicted octanol–water partition coefficient (Wildman–Crippen LogP) is 4.51. The van der Waals surface area contributed by atoms with Gasteiger partial charge in [-0.25, -0.2) is 9.78 Å². The summed E-state index contributed by atoms with van der Waals surface area (Å²) in [5.74, 6) is 1.53. The molecule has 3 aliphatic rings. The molecule has 1 N–H and O–H groups in total. The van der Waals surface area contributed by atoms with E-state index in [9.17, 15) is 10.1 Å². The third kappa shape index (κ3) is 2.59. The molecule has 27 heavy (non-hydrogen) atoms. The lowest BCUT2D eigenvalue weighted by molar-refractivity contribution is -0.130. The number of ether oxygens (including phenoxy) is 1. The molecule has 1 heterocycles. The molecule has 2 aromatic rings. The molecule has 2 unspecified atom stereocenters. The second-order valence-electron chi connectivity index (χ2n) is 8.10. The van der Waals surface area contributed by atoms with Crippen LogP contribution in [-0.2, 0) is 11.2 Å². The maximum Gasteiger partial charge on any atom is 0.338 e. The Balaban J connectivity index is 1.77. The predicted molar refractivity (Wildman–Crippen MR) is 102 cm³/mol. The number of para-hydroxylation sites is 1. The van der Waals surface area contributed by atoms with Crippen molar-refractivity contribution in [1.82, 2.24) is 9.97 Å². The van der Waals surface area contributed by atoms with Gasteiger partial charge in [-0.05, 0) is 42.7 Å². The van der Waals surface area contributed by atoms with E-state index in [1.54, 1.807) is 12.1 Å². The minimum absolute atomic E-state index is 0.248. The summed E-state index contributed by atoms with van der Waals surface area (Å²) in [7, 11) is 0. The van der Waals surface area contributed by atoms with Crippen molar-refractivity contribution in [2.24, 2.45) is 11.3 Å². The quantitative estimate of drug-likeness (QED) is 0.494. The average molecular weight is 361 g/mol. The number of carbonyl (C=O) groups is 1. The Morgan fingerprint density at radius 2 is 2.26 bits per heavy atom. The second kappa shape index (κ2) is 6.09. The van der Waals surface area contributed by atoms with Crippen molar-refractivity contribution in [3.8, 4) is 23.2 Å². The van der Waals surface area contributed by atoms with Gasteiger partial charge in [-0.3, -0.25) is 0 Å². The second-order valence-corrected chi connectivity index (χ2v) is 8.10. The number of hydrogen-bond acceptors (Lipinski definition) is 4. The standard InChI is InChI=1S/C22H23N3O2/c1-5-12(2)21(26)27-19-13(11-23)7-6-8-15(19)20-24-17-10-14-9-16(18(17)25-20)22(14,3)4/h6-8,14,16H,2,5,9-10H2,1,3-4H3,(H,24,25). The molecule has 1 aromatic heterocycles. The van der Waals surface area contributed by atoms with Crippen molar-refractivity contribution in [3.63, 3.8) is 0 Å². The van der Waals surface area contributed by atoms with Crippen LogP contribution in [0.25, 0.3) is 11.4 Å². The van der Waals surface area contributed by atoms with E-state index in [0.717, 1.165) is 12.1 Å². The number of esters is 1. The first-order valence-electron chi connectivity index (χ1n) is 9.39. The van der Waals surface area contributed by atoms with Gasteiger partial charge >= 0.3 is 5.97 Å². The van der Waals surface area contributed by atoms with Crippen molar-refractivity contribution in [2.45, 2.75) is 46.0 Å². The summed E-state index contributed by atoms with van der Waals surface area (Å²) in [6.45, 7) is 10.2. The van der Waals surface area contributed by atoms with Crippen molar-refractivity contribution in [3.05, 3.63) is 47.3 Å². The van der Waals surface area contributed by atoms with E-state index in [1.807, 2.05) is 13.0 Å². The smallest absolute Gasteiger partial charge is 0.338 e. The number of hydrogen-bond donors (Lipinski definition) is 1. The topological polar surface area (TPSA) is 78.8 Å². The average Bonchev–Trinajstić information content (AvgIpc) is 3.11. The number of aromatic amines is 1. The van der Waals surface area contributed by atoms with Crippen LogP contribution in [-0.4, -0.2) is 15.9 Å². The monoisotopic (exact) mass is 361 g/mol. The Morgan fingerprint density at radius 3 is 2.93 bits per heavy atom. The van der Waals surface area contributed by atoms with Crippen LogP contribution in [0.1, 0.15) is 56.5 Å². The van der Waals surface area contributed by atoms with Gasteiger partial charge in [0.15, 0.2) is 5.75 Å². The summed E-state index contributed by atoms with van der Waals surface area (Å²) in [6, 6.07) is 7.37. The summed E-state index contributed by atoms with van der Waals surface area (Å²) >= 11 is 0. The lowest BCUT2D eigenvalue weighted by Crippen LogP contribution is -2.48. The van der Waals surface area contributed by atoms with E-state index < -0.39 is 5.97 Å². The van der Waals surface area contributed by atoms with E-state index in [4.69, 9.17) is 9.72 Å². The van der Waals surface area contributed by atoms with E-state index in [0.29, 0.717) is 40.8 Å². The van der Waals surface area contributed by atoms with Gasteiger partial charge in [-0.1, -0.05) is 33.4 Å². The molecule has 5 heteroatoms. The summed E-state index contributed by atoms with van der Waals surface area (Å²) in [5.41, 5.74) is 3.88. The Morgan fingerprint density at radius 1 is 1.48 bits per heavy atom. The fourth-order valence-electron chi connectivity index (χ4n) is 4.30. The number of imidazole rings is 1. The normalized spacial score (nSPS) is 21.6. The van der Waals surface area contributed by atoms with Crippen molar-refractivity contribution in [1.29, 1.82) is 5.26 Å². The third-order valence-corrected chi connectivity index (χ3v) is 6.36. The van der Waals surface area contributed by atoms with Gasteiger partial charge in [0, 0.05) is 17.2 Å². The molecule has 0 saturated heterocycles. The number of aromatic nitrogens is 2. The third-order valence-electron chi connectivity index (χ3n) is 6.36. The number of H-pyrrole nitrogens is 1. The van der Waals surface area contributed by atoms with Gasteiger partial charge in [0.1, 0.15) is 11.9 Å². The number of rotatable bonds is 4. The van der Waals surface area contributed by atoms with Gasteiger partial charge in [0.05, 0.1) is 16.8 Å². The highest BCUT2D eigenvalue weighted by Gasteiger charge is 2.54. The largest absolute Gasteiger partial charge is 0.421 e. The van der Waals surface area contributed by atoms with Gasteiger partial charge in [0.2, 0.25) is 0 Å². The fraction of sp³-hybridized carbons (Fsp3) is 0.409. The Hall–Kier alpha value is -2.87. The van der Waals surface area contributed by atoms with Crippen molar-refractivity contribution >= 4 is 5.97 Å². The van der Waals surface area contributed by atoms with Crippen molar-refractivity contribution < 1.29 is 9.53 Å². The molecule has 2 bridgehead atoms. The van der Waals surface area contributed by atoms with Crippen LogP contribution < -0.4 is 4.74 Å². The zero-order chi connectivity index (χ0) is 19.3. The first-order valence-corrected chi connectivity index (χ1v) is 9.39. The van der Waals surface area contributed by atoms with Gasteiger partial charge in [-0.2, -0.15) is 5.26 Å². The molecule has 1 saturated carbocycles. The first-order chi connectivity index (χ1) is 12.9. The Labute approximate surface area is 159 Å². The molecule has 2 atom stereocenters. The molecule has 0 aliphatic heterocycles. The van der Waals surface area contributed by atoms with Gasteiger partial charge in [-0.15, -0.1) is 0 Å². The minimum Gasteiger partial charge on any atom is -0.421 e. The minimum atomic E-state index is -0.513. The lowest BCUT2D eigenvalue weighted by atomic mass is 9.49. The van der Waals surface area contributed by atoms with E-state index in [2.05, 4.69) is 31.5 Å². The molecule has 3 aliphatic carbocycles. The highest BCUT2D eigenvalue weighted by Crippen LogP contribution is 2.61. The summed E-state index contributed by atoms with van der Waals surface area (Å²) in [6.07, 6.45) is 2.67. The molecule has 1 fully saturated rings. The van der Waals surface area contributed by atoms with Crippen molar-refractivity contribution in [2.75, 3.05) is 0 Å². The number of benzene rings is 1. The van der Waals surface area contributed by atoms with Crippen LogP contribution in [0.3, 0.4) is 0 Å². The fourth-order valence-corrected chi connectivity index (χ4v) is 4.30. The maximum absolute atomic E-state index is 12.3. The number of nitrogens with one attached hydrogen (secondary N) is 1. The molecule has 5 nitrogen and oxygen atoms in total. The van der Waals surface area contributed by atoms with Crippen LogP contribution in [0.15, 0.2) is 30.4 Å². The number of nitriles is 1. The van der Waals surface area contributed by atoms with E-state index in [-0.39, 0.29) is 11.2 Å². The molecule has 5 rings (SSSR count). The maximum atomic E-state index is 12.3. The molecular formula is C22H23N3O2. The van der Waals surface area contributed by atoms with Crippen LogP contribution in [0.2, 0.25) is 0 Å². The summed E-state index contributed by atoms with van der Waals surface area (Å²) < 4.78 is 5.56. The molecule has 0 radical (unpaired) electrons. The Kier molecular flexibility index (Phi) is 3.96. The molecule has 0 amide bonds. The highest BCUT2D eigenvalue weighted by atomic mass is 16.5. The molecule has 138 valence electrons. The summed E-state index contributed by atoms with van der Waals surface area (Å²) in [4.78, 5) is 20.6. The summed E-state index contributed by atoms with van der Waals surface area (Å²) in [5, 5.41) is 9.48. The van der Waals surface area contributed by atoms with Gasteiger partial charge < -0.3 is 9.72 Å².